The van der Waals surface area contributed by atoms with Crippen LogP contribution in [0, 0.1) is 0 Å². The van der Waals surface area contributed by atoms with E-state index in [1.54, 1.807) is 11.7 Å². The lowest BCUT2D eigenvalue weighted by Crippen LogP contribution is -1.95. The van der Waals surface area contributed by atoms with Crippen LogP contribution in [0.2, 0.25) is 0 Å². The Morgan fingerprint density at radius 1 is 1.80 bits per heavy atom. The van der Waals surface area contributed by atoms with Gasteiger partial charge in [-0.25, -0.2) is 4.68 Å². The van der Waals surface area contributed by atoms with Gasteiger partial charge in [0.15, 0.2) is 5.82 Å². The van der Waals surface area contributed by atoms with Crippen molar-refractivity contribution in [3.8, 4) is 0 Å². The fraction of sp³-hybridized carbons (Fsp3) is 0.200. The number of nitrogen functional groups attached to an aromatic ring is 1. The normalized spacial score (nSPS) is 9.80. The highest BCUT2D eigenvalue weighted by Gasteiger charge is 2.04. The van der Waals surface area contributed by atoms with E-state index in [0.717, 1.165) is 0 Å². The summed E-state index contributed by atoms with van der Waals surface area (Å²) in [5.74, 6) is 0.913. The van der Waals surface area contributed by atoms with Gasteiger partial charge in [-0.15, -0.1) is 5.10 Å². The largest absolute Gasteiger partial charge is 0.366 e. The molecule has 0 spiro atoms. The molecule has 0 aromatic carbocycles. The van der Waals surface area contributed by atoms with Crippen molar-refractivity contribution < 1.29 is 0 Å². The van der Waals surface area contributed by atoms with Crippen LogP contribution in [-0.4, -0.2) is 14.8 Å². The number of halogens is 1. The zero-order chi connectivity index (χ0) is 7.72. The van der Waals surface area contributed by atoms with Crippen LogP contribution >= 0.6 is 15.9 Å². The second-order valence-corrected chi connectivity index (χ2v) is 2.78. The van der Waals surface area contributed by atoms with Crippen LogP contribution < -0.4 is 5.73 Å². The summed E-state index contributed by atoms with van der Waals surface area (Å²) in [5.41, 5.74) is 5.31. The molecule has 4 nitrogen and oxygen atoms in total. The van der Waals surface area contributed by atoms with Crippen LogP contribution in [0.25, 0.3) is 4.48 Å². The molecule has 0 saturated carbocycles. The van der Waals surface area contributed by atoms with E-state index in [9.17, 15) is 0 Å². The lowest BCUT2D eigenvalue weighted by Gasteiger charge is -1.92. The van der Waals surface area contributed by atoms with Crippen molar-refractivity contribution in [1.82, 2.24) is 14.8 Å². The van der Waals surface area contributed by atoms with Crippen molar-refractivity contribution in [2.24, 2.45) is 7.05 Å². The van der Waals surface area contributed by atoms with Crippen LogP contribution in [0.3, 0.4) is 0 Å². The molecule has 0 aliphatic rings. The summed E-state index contributed by atoms with van der Waals surface area (Å²) in [6.07, 6.45) is 0. The van der Waals surface area contributed by atoms with Gasteiger partial charge in [0, 0.05) is 7.05 Å². The molecule has 1 aromatic rings. The minimum Gasteiger partial charge on any atom is -0.366 e. The molecule has 1 rings (SSSR count). The summed E-state index contributed by atoms with van der Waals surface area (Å²) in [5, 5.41) is 3.82. The van der Waals surface area contributed by atoms with Gasteiger partial charge in [-0.2, -0.15) is 4.98 Å². The molecule has 10 heavy (non-hydrogen) atoms. The van der Waals surface area contributed by atoms with Crippen molar-refractivity contribution in [1.29, 1.82) is 0 Å². The Balaban J connectivity index is 3.15. The molecule has 0 fully saturated rings. The third-order valence-corrected chi connectivity index (χ3v) is 1.38. The predicted molar refractivity (Wildman–Crippen MR) is 43.4 cm³/mol. The second-order valence-electron chi connectivity index (χ2n) is 1.82. The van der Waals surface area contributed by atoms with Gasteiger partial charge >= 0.3 is 0 Å². The molecule has 1 aromatic heterocycles. The molecule has 0 radical (unpaired) electrons. The zero-order valence-corrected chi connectivity index (χ0v) is 7.09. The van der Waals surface area contributed by atoms with E-state index in [1.807, 2.05) is 0 Å². The van der Waals surface area contributed by atoms with Crippen LogP contribution in [0.15, 0.2) is 6.58 Å². The summed E-state index contributed by atoms with van der Waals surface area (Å²) in [4.78, 5) is 3.89. The van der Waals surface area contributed by atoms with E-state index in [0.29, 0.717) is 10.3 Å². The number of aryl methyl sites for hydroxylation is 1. The van der Waals surface area contributed by atoms with Gasteiger partial charge in [0.2, 0.25) is 5.95 Å². The topological polar surface area (TPSA) is 56.7 Å². The van der Waals surface area contributed by atoms with Gasteiger partial charge in [-0.05, 0) is 15.9 Å². The first-order chi connectivity index (χ1) is 4.61. The zero-order valence-electron chi connectivity index (χ0n) is 5.50. The summed E-state index contributed by atoms with van der Waals surface area (Å²) in [6.45, 7) is 3.64. The smallest absolute Gasteiger partial charge is 0.240 e. The Morgan fingerprint density at radius 3 is 2.60 bits per heavy atom. The highest BCUT2D eigenvalue weighted by atomic mass is 79.9. The number of hydrogen-bond donors (Lipinski definition) is 1. The van der Waals surface area contributed by atoms with Crippen molar-refractivity contribution in [3.63, 3.8) is 0 Å². The van der Waals surface area contributed by atoms with E-state index in [-0.39, 0.29) is 5.95 Å². The van der Waals surface area contributed by atoms with Crippen molar-refractivity contribution in [3.05, 3.63) is 12.4 Å². The molecule has 0 aliphatic heterocycles. The lowest BCUT2D eigenvalue weighted by atomic mass is 10.6. The van der Waals surface area contributed by atoms with Gasteiger partial charge in [0.25, 0.3) is 0 Å². The Kier molecular flexibility index (Phi) is 1.76. The maximum atomic E-state index is 5.31. The molecular weight excluding hydrogens is 196 g/mol. The molecule has 1 heterocycles. The summed E-state index contributed by atoms with van der Waals surface area (Å²) in [6, 6.07) is 0. The van der Waals surface area contributed by atoms with Gasteiger partial charge < -0.3 is 5.73 Å². The van der Waals surface area contributed by atoms with Crippen LogP contribution in [0.1, 0.15) is 5.82 Å². The first-order valence-electron chi connectivity index (χ1n) is 2.62. The van der Waals surface area contributed by atoms with Crippen LogP contribution in [0.5, 0.6) is 0 Å². The minimum absolute atomic E-state index is 0.262. The van der Waals surface area contributed by atoms with E-state index >= 15 is 0 Å². The van der Waals surface area contributed by atoms with E-state index in [2.05, 4.69) is 32.6 Å². The number of aromatic nitrogens is 3. The van der Waals surface area contributed by atoms with Gasteiger partial charge in [0.1, 0.15) is 0 Å². The maximum Gasteiger partial charge on any atom is 0.240 e. The Bertz CT molecular complexity index is 265. The number of anilines is 1. The summed E-state index contributed by atoms with van der Waals surface area (Å²) < 4.78 is 2.24. The molecule has 54 valence electrons. The van der Waals surface area contributed by atoms with Gasteiger partial charge in [-0.1, -0.05) is 6.58 Å². The molecule has 0 saturated heterocycles. The van der Waals surface area contributed by atoms with Crippen molar-refractivity contribution >= 4 is 26.4 Å². The molecule has 0 aliphatic carbocycles. The van der Waals surface area contributed by atoms with Crippen molar-refractivity contribution in [2.75, 3.05) is 5.73 Å². The summed E-state index contributed by atoms with van der Waals surface area (Å²) >= 11 is 3.17. The van der Waals surface area contributed by atoms with Gasteiger partial charge in [-0.3, -0.25) is 0 Å². The van der Waals surface area contributed by atoms with E-state index in [4.69, 9.17) is 5.73 Å². The average Bonchev–Trinajstić information content (AvgIpc) is 2.10. The molecule has 0 unspecified atom stereocenters. The summed E-state index contributed by atoms with van der Waals surface area (Å²) in [7, 11) is 1.76. The monoisotopic (exact) mass is 202 g/mol. The fourth-order valence-electron chi connectivity index (χ4n) is 0.640. The predicted octanol–water partition coefficient (Wildman–Crippen LogP) is 0.763. The molecule has 2 N–H and O–H groups in total. The molecule has 0 atom stereocenters. The van der Waals surface area contributed by atoms with Crippen molar-refractivity contribution in [2.45, 2.75) is 0 Å². The first-order valence-corrected chi connectivity index (χ1v) is 3.42. The quantitative estimate of drug-likeness (QED) is 0.733. The fourth-order valence-corrected chi connectivity index (χ4v) is 0.986. The highest BCUT2D eigenvalue weighted by Crippen LogP contribution is 2.15. The van der Waals surface area contributed by atoms with Gasteiger partial charge in [0.05, 0.1) is 4.48 Å². The third-order valence-electron chi connectivity index (χ3n) is 1.02. The molecule has 0 bridgehead atoms. The number of hydrogen-bond acceptors (Lipinski definition) is 3. The second kappa shape index (κ2) is 2.42. The number of nitrogens with zero attached hydrogens (tertiary/aromatic N) is 3. The Labute approximate surface area is 66.9 Å². The molecular formula is C5H7BrN4. The average molecular weight is 203 g/mol. The van der Waals surface area contributed by atoms with Crippen LogP contribution in [-0.2, 0) is 7.05 Å². The molecule has 0 amide bonds. The third kappa shape index (κ3) is 1.18. The minimum atomic E-state index is 0.262. The first kappa shape index (κ1) is 7.27. The standard InChI is InChI=1S/C5H7BrN4/c1-3(6)4-8-5(7)9-10(4)2/h1H2,2H3,(H2,7,9). The molecule has 5 heteroatoms. The number of rotatable bonds is 1. The van der Waals surface area contributed by atoms with E-state index in [1.165, 1.54) is 0 Å². The van der Waals surface area contributed by atoms with Crippen LogP contribution in [0.4, 0.5) is 5.95 Å². The maximum absolute atomic E-state index is 5.31. The Hall–Kier alpha value is -0.840. The van der Waals surface area contributed by atoms with E-state index < -0.39 is 0 Å². The number of nitrogens with two attached hydrogens (primary N) is 1. The lowest BCUT2D eigenvalue weighted by molar-refractivity contribution is 0.759. The Morgan fingerprint density at radius 2 is 2.40 bits per heavy atom. The highest BCUT2D eigenvalue weighted by molar-refractivity contribution is 9.15. The SMILES string of the molecule is C=C(Br)c1nc(N)nn1C.